The molecule has 0 aliphatic heterocycles. The molecular formula is C11H9Cl2NO4. The van der Waals surface area contributed by atoms with Gasteiger partial charge in [-0.25, -0.2) is 0 Å². The molecule has 0 aromatic heterocycles. The molecule has 2 amide bonds. The number of hydrogen-bond donors (Lipinski definition) is 2. The van der Waals surface area contributed by atoms with Crippen molar-refractivity contribution in [3.05, 3.63) is 33.8 Å². The predicted molar refractivity (Wildman–Crippen MR) is 65.8 cm³/mol. The van der Waals surface area contributed by atoms with E-state index in [1.54, 1.807) is 0 Å². The first kappa shape index (κ1) is 14.5. The van der Waals surface area contributed by atoms with Gasteiger partial charge >= 0.3 is 5.97 Å². The molecule has 0 heterocycles. The SMILES string of the molecule is O=C(O)CCC(=O)NC(=O)c1cccc(Cl)c1Cl. The summed E-state index contributed by atoms with van der Waals surface area (Å²) < 4.78 is 0. The number of nitrogens with one attached hydrogen (secondary N) is 1. The first-order valence-electron chi connectivity index (χ1n) is 4.92. The molecule has 18 heavy (non-hydrogen) atoms. The number of carbonyl (C=O) groups is 3. The van der Waals surface area contributed by atoms with Crippen LogP contribution in [-0.4, -0.2) is 22.9 Å². The van der Waals surface area contributed by atoms with Crippen molar-refractivity contribution in [2.24, 2.45) is 0 Å². The maximum absolute atomic E-state index is 11.7. The second kappa shape index (κ2) is 6.37. The van der Waals surface area contributed by atoms with Crippen LogP contribution in [0.15, 0.2) is 18.2 Å². The van der Waals surface area contributed by atoms with E-state index in [1.165, 1.54) is 18.2 Å². The molecule has 0 atom stereocenters. The smallest absolute Gasteiger partial charge is 0.303 e. The number of hydrogen-bond acceptors (Lipinski definition) is 3. The molecule has 0 saturated carbocycles. The van der Waals surface area contributed by atoms with Crippen molar-refractivity contribution in [3.8, 4) is 0 Å². The highest BCUT2D eigenvalue weighted by atomic mass is 35.5. The van der Waals surface area contributed by atoms with Gasteiger partial charge in [0.05, 0.1) is 22.0 Å². The molecule has 2 N–H and O–H groups in total. The topological polar surface area (TPSA) is 83.5 Å². The summed E-state index contributed by atoms with van der Waals surface area (Å²) in [6.07, 6.45) is -0.623. The van der Waals surface area contributed by atoms with Crippen molar-refractivity contribution in [1.29, 1.82) is 0 Å². The Hall–Kier alpha value is -1.59. The summed E-state index contributed by atoms with van der Waals surface area (Å²) in [5.74, 6) is -2.50. The third-order valence-corrected chi connectivity index (χ3v) is 2.83. The zero-order valence-corrected chi connectivity index (χ0v) is 10.6. The molecule has 0 saturated heterocycles. The molecule has 1 aromatic rings. The molecule has 1 rings (SSSR count). The lowest BCUT2D eigenvalue weighted by molar-refractivity contribution is -0.138. The Morgan fingerprint density at radius 2 is 1.83 bits per heavy atom. The fourth-order valence-corrected chi connectivity index (χ4v) is 1.54. The van der Waals surface area contributed by atoms with E-state index in [9.17, 15) is 14.4 Å². The summed E-state index contributed by atoms with van der Waals surface area (Å²) in [6, 6.07) is 4.44. The summed E-state index contributed by atoms with van der Waals surface area (Å²) in [5, 5.41) is 10.7. The Morgan fingerprint density at radius 3 is 2.44 bits per heavy atom. The van der Waals surface area contributed by atoms with Crippen molar-refractivity contribution >= 4 is 41.0 Å². The van der Waals surface area contributed by atoms with Gasteiger partial charge in [-0.05, 0) is 12.1 Å². The van der Waals surface area contributed by atoms with Gasteiger partial charge < -0.3 is 5.11 Å². The standard InChI is InChI=1S/C11H9Cl2NO4/c12-7-3-1-2-6(10(7)13)11(18)14-8(15)4-5-9(16)17/h1-3H,4-5H2,(H,16,17)(H,14,15,18). The van der Waals surface area contributed by atoms with Crippen LogP contribution in [0.3, 0.4) is 0 Å². The third-order valence-electron chi connectivity index (χ3n) is 2.02. The van der Waals surface area contributed by atoms with Gasteiger partial charge in [-0.15, -0.1) is 0 Å². The molecular weight excluding hydrogens is 281 g/mol. The summed E-state index contributed by atoms with van der Waals surface area (Å²) in [7, 11) is 0. The first-order chi connectivity index (χ1) is 8.41. The van der Waals surface area contributed by atoms with E-state index in [-0.39, 0.29) is 28.5 Å². The van der Waals surface area contributed by atoms with Gasteiger partial charge in [-0.2, -0.15) is 0 Å². The molecule has 0 spiro atoms. The van der Waals surface area contributed by atoms with Crippen LogP contribution in [0.4, 0.5) is 0 Å². The van der Waals surface area contributed by atoms with Gasteiger partial charge in [0, 0.05) is 6.42 Å². The second-order valence-corrected chi connectivity index (χ2v) is 4.16. The van der Waals surface area contributed by atoms with Crippen molar-refractivity contribution in [2.75, 3.05) is 0 Å². The van der Waals surface area contributed by atoms with Gasteiger partial charge in [0.2, 0.25) is 5.91 Å². The van der Waals surface area contributed by atoms with Crippen LogP contribution in [0, 0.1) is 0 Å². The lowest BCUT2D eigenvalue weighted by Gasteiger charge is -2.06. The highest BCUT2D eigenvalue weighted by Gasteiger charge is 2.15. The molecule has 5 nitrogen and oxygen atoms in total. The number of rotatable bonds is 4. The number of halogens is 2. The molecule has 0 bridgehead atoms. The van der Waals surface area contributed by atoms with Crippen LogP contribution in [0.25, 0.3) is 0 Å². The zero-order chi connectivity index (χ0) is 13.7. The Labute approximate surface area is 113 Å². The quantitative estimate of drug-likeness (QED) is 0.889. The van der Waals surface area contributed by atoms with Crippen molar-refractivity contribution in [1.82, 2.24) is 5.32 Å². The van der Waals surface area contributed by atoms with Gasteiger partial charge in [-0.1, -0.05) is 29.3 Å². The fourth-order valence-electron chi connectivity index (χ4n) is 1.16. The molecule has 0 aliphatic carbocycles. The van der Waals surface area contributed by atoms with Gasteiger partial charge in [0.15, 0.2) is 0 Å². The Balaban J connectivity index is 2.68. The van der Waals surface area contributed by atoms with Crippen LogP contribution >= 0.6 is 23.2 Å². The number of imide groups is 1. The van der Waals surface area contributed by atoms with Crippen LogP contribution in [0.1, 0.15) is 23.2 Å². The third kappa shape index (κ3) is 4.01. The predicted octanol–water partition coefficient (Wildman–Crippen LogP) is 2.11. The summed E-state index contributed by atoms with van der Waals surface area (Å²) in [5.41, 5.74) is 0.0628. The van der Waals surface area contributed by atoms with E-state index in [2.05, 4.69) is 0 Å². The Morgan fingerprint density at radius 1 is 1.17 bits per heavy atom. The van der Waals surface area contributed by atoms with Crippen LogP contribution < -0.4 is 5.32 Å². The molecule has 1 aromatic carbocycles. The highest BCUT2D eigenvalue weighted by molar-refractivity contribution is 6.44. The van der Waals surface area contributed by atoms with Gasteiger partial charge in [0.25, 0.3) is 5.91 Å². The number of aliphatic carboxylic acids is 1. The summed E-state index contributed by atoms with van der Waals surface area (Å²) in [4.78, 5) is 33.2. The van der Waals surface area contributed by atoms with E-state index < -0.39 is 17.8 Å². The number of carboxylic acids is 1. The maximum Gasteiger partial charge on any atom is 0.303 e. The zero-order valence-electron chi connectivity index (χ0n) is 9.07. The molecule has 96 valence electrons. The van der Waals surface area contributed by atoms with E-state index >= 15 is 0 Å². The number of benzene rings is 1. The minimum atomic E-state index is -1.11. The second-order valence-electron chi connectivity index (χ2n) is 3.37. The van der Waals surface area contributed by atoms with Crippen molar-refractivity contribution in [2.45, 2.75) is 12.8 Å². The maximum atomic E-state index is 11.7. The Bertz CT molecular complexity index is 502. The summed E-state index contributed by atoms with van der Waals surface area (Å²) >= 11 is 11.5. The lowest BCUT2D eigenvalue weighted by Crippen LogP contribution is -2.30. The minimum Gasteiger partial charge on any atom is -0.481 e. The molecule has 7 heteroatoms. The summed E-state index contributed by atoms with van der Waals surface area (Å²) in [6.45, 7) is 0. The molecule has 0 fully saturated rings. The van der Waals surface area contributed by atoms with Crippen LogP contribution in [0.5, 0.6) is 0 Å². The Kier molecular flexibility index (Phi) is 5.12. The van der Waals surface area contributed by atoms with Crippen LogP contribution in [-0.2, 0) is 9.59 Å². The first-order valence-corrected chi connectivity index (χ1v) is 5.67. The average molecular weight is 290 g/mol. The molecule has 0 unspecified atom stereocenters. The van der Waals surface area contributed by atoms with Crippen molar-refractivity contribution < 1.29 is 19.5 Å². The largest absolute Gasteiger partial charge is 0.481 e. The van der Waals surface area contributed by atoms with E-state index in [4.69, 9.17) is 28.3 Å². The average Bonchev–Trinajstić information content (AvgIpc) is 2.30. The number of carboxylic acid groups (broad SMARTS) is 1. The monoisotopic (exact) mass is 289 g/mol. The van der Waals surface area contributed by atoms with Gasteiger partial charge in [0.1, 0.15) is 0 Å². The van der Waals surface area contributed by atoms with E-state index in [0.29, 0.717) is 0 Å². The molecule has 0 radical (unpaired) electrons. The van der Waals surface area contributed by atoms with Gasteiger partial charge in [-0.3, -0.25) is 19.7 Å². The van der Waals surface area contributed by atoms with Crippen LogP contribution in [0.2, 0.25) is 10.0 Å². The minimum absolute atomic E-state index is 0.0442. The highest BCUT2D eigenvalue weighted by Crippen LogP contribution is 2.25. The number of carbonyl (C=O) groups excluding carboxylic acids is 2. The normalized spacial score (nSPS) is 9.89. The lowest BCUT2D eigenvalue weighted by atomic mass is 10.2. The van der Waals surface area contributed by atoms with Crippen molar-refractivity contribution in [3.63, 3.8) is 0 Å². The molecule has 0 aliphatic rings. The van der Waals surface area contributed by atoms with E-state index in [0.717, 1.165) is 0 Å². The number of amides is 2. The van der Waals surface area contributed by atoms with E-state index in [1.807, 2.05) is 5.32 Å². The fraction of sp³-hybridized carbons (Fsp3) is 0.182.